The van der Waals surface area contributed by atoms with E-state index in [0.29, 0.717) is 25.7 Å². The number of aliphatic hydroxyl groups is 1. The van der Waals surface area contributed by atoms with Crippen molar-refractivity contribution in [1.82, 2.24) is 0 Å². The Morgan fingerprint density at radius 3 is 0.907 bits per heavy atom. The molecule has 0 aromatic heterocycles. The number of ether oxygens (including phenoxy) is 4. The first-order valence-electron chi connectivity index (χ1n) is 29.6. The molecule has 0 spiro atoms. The highest BCUT2D eigenvalue weighted by atomic mass is 31.2. The van der Waals surface area contributed by atoms with Crippen LogP contribution in [0.2, 0.25) is 0 Å². The third kappa shape index (κ3) is 51.3. The minimum Gasteiger partial charge on any atom is -0.462 e. The molecule has 0 aromatic carbocycles. The highest BCUT2D eigenvalue weighted by Crippen LogP contribution is 2.45. The van der Waals surface area contributed by atoms with Crippen molar-refractivity contribution in [3.05, 3.63) is 0 Å². The SMILES string of the molecule is CCCCCCCCCC(=O)OC[C@H](COP(=O)(O)OC[C@@H](O)COP(=O)(O)OC[C@@H](COC(=O)CCCCCCC)OC(=O)CCCCCCC)OC(=O)CCCCCCCCCCCCCCCCCC(C)C. The Bertz CT molecular complexity index is 1480. The van der Waals surface area contributed by atoms with Crippen molar-refractivity contribution in [3.63, 3.8) is 0 Å². The van der Waals surface area contributed by atoms with E-state index in [4.69, 9.17) is 37.0 Å². The molecule has 0 rings (SSSR count). The van der Waals surface area contributed by atoms with Crippen LogP contribution in [0.25, 0.3) is 0 Å². The zero-order valence-corrected chi connectivity index (χ0v) is 49.5. The summed E-state index contributed by atoms with van der Waals surface area (Å²) in [5.41, 5.74) is 0. The van der Waals surface area contributed by atoms with Gasteiger partial charge in [0.05, 0.1) is 26.4 Å². The highest BCUT2D eigenvalue weighted by Gasteiger charge is 2.30. The van der Waals surface area contributed by atoms with Crippen LogP contribution in [0.4, 0.5) is 0 Å². The fourth-order valence-corrected chi connectivity index (χ4v) is 9.75. The van der Waals surface area contributed by atoms with Crippen LogP contribution >= 0.6 is 15.6 Å². The van der Waals surface area contributed by atoms with Crippen LogP contribution < -0.4 is 0 Å². The van der Waals surface area contributed by atoms with Crippen molar-refractivity contribution in [2.24, 2.45) is 5.92 Å². The number of phosphoric ester groups is 2. The lowest BCUT2D eigenvalue weighted by molar-refractivity contribution is -0.161. The van der Waals surface area contributed by atoms with E-state index >= 15 is 0 Å². The number of aliphatic hydroxyl groups excluding tert-OH is 1. The molecule has 75 heavy (non-hydrogen) atoms. The number of hydrogen-bond donors (Lipinski definition) is 3. The monoisotopic (exact) mass is 1110 g/mol. The summed E-state index contributed by atoms with van der Waals surface area (Å²) in [7, 11) is -9.85. The highest BCUT2D eigenvalue weighted by molar-refractivity contribution is 7.47. The van der Waals surface area contributed by atoms with Gasteiger partial charge in [0.25, 0.3) is 0 Å². The first kappa shape index (κ1) is 73.1. The van der Waals surface area contributed by atoms with Gasteiger partial charge >= 0.3 is 39.5 Å². The van der Waals surface area contributed by atoms with Crippen LogP contribution in [-0.4, -0.2) is 96.7 Å². The molecule has 0 aliphatic rings. The third-order valence-electron chi connectivity index (χ3n) is 12.8. The fourth-order valence-electron chi connectivity index (χ4n) is 8.17. The molecule has 2 unspecified atom stereocenters. The molecule has 0 heterocycles. The summed E-state index contributed by atoms with van der Waals surface area (Å²) >= 11 is 0. The average molecular weight is 1120 g/mol. The van der Waals surface area contributed by atoms with Crippen LogP contribution in [0.15, 0.2) is 0 Å². The zero-order chi connectivity index (χ0) is 55.7. The van der Waals surface area contributed by atoms with Crippen LogP contribution in [0, 0.1) is 5.92 Å². The largest absolute Gasteiger partial charge is 0.472 e. The molecular weight excluding hydrogens is 1010 g/mol. The van der Waals surface area contributed by atoms with Gasteiger partial charge in [-0.1, -0.05) is 221 Å². The zero-order valence-electron chi connectivity index (χ0n) is 47.7. The maximum Gasteiger partial charge on any atom is 0.472 e. The Morgan fingerprint density at radius 1 is 0.360 bits per heavy atom. The second-order valence-corrected chi connectivity index (χ2v) is 23.7. The Kier molecular flexibility index (Phi) is 49.0. The summed E-state index contributed by atoms with van der Waals surface area (Å²) < 4.78 is 67.1. The van der Waals surface area contributed by atoms with Crippen molar-refractivity contribution in [1.29, 1.82) is 0 Å². The molecule has 0 aliphatic carbocycles. The maximum atomic E-state index is 12.9. The summed E-state index contributed by atoms with van der Waals surface area (Å²) in [6, 6.07) is 0. The summed E-state index contributed by atoms with van der Waals surface area (Å²) in [6.07, 6.45) is 31.7. The molecule has 0 aliphatic heterocycles. The first-order chi connectivity index (χ1) is 36.0. The fraction of sp³-hybridized carbons (Fsp3) is 0.929. The quantitative estimate of drug-likeness (QED) is 0.0222. The molecule has 0 radical (unpaired) electrons. The average Bonchev–Trinajstić information content (AvgIpc) is 3.37. The molecule has 444 valence electrons. The molecule has 5 atom stereocenters. The van der Waals surface area contributed by atoms with E-state index in [-0.39, 0.29) is 25.7 Å². The normalized spacial score (nSPS) is 14.5. The Labute approximate surface area is 454 Å². The van der Waals surface area contributed by atoms with Crippen molar-refractivity contribution < 1.29 is 80.2 Å². The van der Waals surface area contributed by atoms with Crippen molar-refractivity contribution in [2.45, 2.75) is 291 Å². The van der Waals surface area contributed by atoms with E-state index in [2.05, 4.69) is 34.6 Å². The molecule has 0 bridgehead atoms. The van der Waals surface area contributed by atoms with Gasteiger partial charge in [-0.3, -0.25) is 37.3 Å². The molecule has 0 saturated carbocycles. The van der Waals surface area contributed by atoms with E-state index < -0.39 is 97.5 Å². The summed E-state index contributed by atoms with van der Waals surface area (Å²) in [5, 5.41) is 10.4. The maximum absolute atomic E-state index is 12.9. The molecule has 0 fully saturated rings. The molecular formula is C56H108O17P2. The van der Waals surface area contributed by atoms with E-state index in [0.717, 1.165) is 115 Å². The van der Waals surface area contributed by atoms with E-state index in [1.165, 1.54) is 77.0 Å². The standard InChI is InChI=1S/C56H108O17P2/c1-6-9-12-15-25-31-35-40-54(59)67-46-52(73-56(61)42-37-32-27-24-22-20-18-16-17-19-21-23-26-30-33-38-49(4)5)48-71-75(64,65)69-44-50(57)43-68-74(62,63)70-47-51(72-55(60)41-36-29-14-11-8-3)45-66-53(58)39-34-28-13-10-7-2/h49-52,57H,6-48H2,1-5H3,(H,62,63)(H,64,65)/t50-,51+,52+/m0/s1. The topological polar surface area (TPSA) is 237 Å². The Morgan fingerprint density at radius 2 is 0.613 bits per heavy atom. The Balaban J connectivity index is 5.02. The summed E-state index contributed by atoms with van der Waals surface area (Å²) in [5.74, 6) is -1.37. The van der Waals surface area contributed by atoms with Crippen LogP contribution in [0.1, 0.15) is 272 Å². The Hall–Kier alpha value is -1.94. The van der Waals surface area contributed by atoms with Gasteiger partial charge in [-0.25, -0.2) is 9.13 Å². The number of esters is 4. The second-order valence-electron chi connectivity index (χ2n) is 20.8. The molecule has 17 nitrogen and oxygen atoms in total. The number of hydrogen-bond acceptors (Lipinski definition) is 15. The van der Waals surface area contributed by atoms with Crippen LogP contribution in [0.3, 0.4) is 0 Å². The van der Waals surface area contributed by atoms with Gasteiger partial charge in [-0.2, -0.15) is 0 Å². The van der Waals surface area contributed by atoms with Gasteiger partial charge in [0.2, 0.25) is 0 Å². The number of carbonyl (C=O) groups excluding carboxylic acids is 4. The first-order valence-corrected chi connectivity index (χ1v) is 32.6. The van der Waals surface area contributed by atoms with Crippen molar-refractivity contribution >= 4 is 39.5 Å². The minimum absolute atomic E-state index is 0.0987. The lowest BCUT2D eigenvalue weighted by Gasteiger charge is -2.21. The molecule has 3 N–H and O–H groups in total. The third-order valence-corrected chi connectivity index (χ3v) is 14.7. The number of phosphoric acid groups is 2. The molecule has 0 amide bonds. The van der Waals surface area contributed by atoms with Gasteiger partial charge in [0, 0.05) is 25.7 Å². The predicted octanol–water partition coefficient (Wildman–Crippen LogP) is 14.7. The van der Waals surface area contributed by atoms with Crippen molar-refractivity contribution in [3.8, 4) is 0 Å². The lowest BCUT2D eigenvalue weighted by Crippen LogP contribution is -2.30. The van der Waals surface area contributed by atoms with Crippen molar-refractivity contribution in [2.75, 3.05) is 39.6 Å². The minimum atomic E-state index is -4.93. The van der Waals surface area contributed by atoms with Gasteiger partial charge in [-0.05, 0) is 31.6 Å². The summed E-state index contributed by atoms with van der Waals surface area (Å²) in [4.78, 5) is 71.2. The number of rotatable bonds is 56. The number of carbonyl (C=O) groups is 4. The van der Waals surface area contributed by atoms with Gasteiger partial charge in [0.1, 0.15) is 19.3 Å². The van der Waals surface area contributed by atoms with Gasteiger partial charge in [-0.15, -0.1) is 0 Å². The second kappa shape index (κ2) is 50.3. The molecule has 0 saturated heterocycles. The van der Waals surface area contributed by atoms with Gasteiger partial charge in [0.15, 0.2) is 12.2 Å². The predicted molar refractivity (Wildman–Crippen MR) is 294 cm³/mol. The van der Waals surface area contributed by atoms with E-state index in [1.54, 1.807) is 0 Å². The molecule has 19 heteroatoms. The smallest absolute Gasteiger partial charge is 0.462 e. The summed E-state index contributed by atoms with van der Waals surface area (Å²) in [6.45, 7) is 6.93. The van der Waals surface area contributed by atoms with E-state index in [9.17, 15) is 43.2 Å². The van der Waals surface area contributed by atoms with Crippen LogP contribution in [0.5, 0.6) is 0 Å². The number of unbranched alkanes of at least 4 members (excludes halogenated alkanes) is 28. The van der Waals surface area contributed by atoms with E-state index in [1.807, 2.05) is 0 Å². The van der Waals surface area contributed by atoms with Crippen LogP contribution in [-0.2, 0) is 65.4 Å². The lowest BCUT2D eigenvalue weighted by atomic mass is 10.0. The van der Waals surface area contributed by atoms with Gasteiger partial charge < -0.3 is 33.8 Å². The molecule has 0 aromatic rings.